The molecular weight excluding hydrogens is 543 g/mol. The van der Waals surface area contributed by atoms with Gasteiger partial charge in [-0.25, -0.2) is 0 Å². The van der Waals surface area contributed by atoms with Gasteiger partial charge in [-0.15, -0.1) is 0 Å². The fraction of sp³-hybridized carbons (Fsp3) is 0.280. The van der Waals surface area contributed by atoms with Crippen LogP contribution in [0.25, 0.3) is 0 Å². The van der Waals surface area contributed by atoms with Crippen molar-refractivity contribution in [3.05, 3.63) is 78.8 Å². The van der Waals surface area contributed by atoms with Gasteiger partial charge in [0.2, 0.25) is 5.88 Å². The van der Waals surface area contributed by atoms with Gasteiger partial charge in [0.25, 0.3) is 0 Å². The number of nitrogens with zero attached hydrogens (tertiary/aromatic N) is 1. The second-order valence-corrected chi connectivity index (χ2v) is 9.51. The largest absolute Gasteiger partial charge is 0.490 e. The van der Waals surface area contributed by atoms with Crippen LogP contribution in [0.15, 0.2) is 57.6 Å². The second kappa shape index (κ2) is 10.3. The molecule has 2 aromatic carbocycles. The molecule has 0 fully saturated rings. The lowest BCUT2D eigenvalue weighted by atomic mass is 9.77. The number of nitrogens with two attached hydrogens (primary N) is 1. The summed E-state index contributed by atoms with van der Waals surface area (Å²) < 4.78 is 18.2. The van der Waals surface area contributed by atoms with Crippen molar-refractivity contribution in [1.82, 2.24) is 0 Å². The minimum atomic E-state index is -0.638. The zero-order valence-corrected chi connectivity index (χ0v) is 21.4. The van der Waals surface area contributed by atoms with E-state index in [1.165, 1.54) is 0 Å². The van der Waals surface area contributed by atoms with Crippen molar-refractivity contribution in [2.45, 2.75) is 38.7 Å². The number of rotatable bonds is 6. The third-order valence-corrected chi connectivity index (χ3v) is 6.97. The number of carbonyl (C=O) groups is 1. The van der Waals surface area contributed by atoms with Gasteiger partial charge >= 0.3 is 0 Å². The van der Waals surface area contributed by atoms with Crippen molar-refractivity contribution >= 4 is 44.9 Å². The summed E-state index contributed by atoms with van der Waals surface area (Å²) in [5.41, 5.74) is 8.27. The number of Topliss-reactive ketones (excluding diaryl/α,β-unsaturated/α-hetero) is 1. The van der Waals surface area contributed by atoms with Crippen molar-refractivity contribution in [3.8, 4) is 17.6 Å². The molecule has 2 aromatic rings. The molecule has 0 saturated heterocycles. The third-order valence-electron chi connectivity index (χ3n) is 5.64. The van der Waals surface area contributed by atoms with Gasteiger partial charge in [0.05, 0.1) is 27.0 Å². The van der Waals surface area contributed by atoms with Crippen molar-refractivity contribution in [3.63, 3.8) is 0 Å². The second-order valence-electron chi connectivity index (χ2n) is 7.84. The lowest BCUT2D eigenvalue weighted by Crippen LogP contribution is -2.27. The number of halogens is 3. The van der Waals surface area contributed by atoms with E-state index >= 15 is 0 Å². The number of allylic oxidation sites excluding steroid dienone is 3. The fourth-order valence-corrected chi connectivity index (χ4v) is 5.03. The van der Waals surface area contributed by atoms with Gasteiger partial charge in [-0.1, -0.05) is 29.3 Å². The molecule has 0 aromatic heterocycles. The monoisotopic (exact) mass is 562 g/mol. The molecule has 1 atom stereocenters. The van der Waals surface area contributed by atoms with Crippen LogP contribution in [-0.2, 0) is 16.1 Å². The summed E-state index contributed by atoms with van der Waals surface area (Å²) in [7, 11) is 0. The SMILES string of the molecule is CCOc1cc([C@H]2C(C#N)=C(N)OC3=C2C(=O)CCC3)cc(Br)c1OCc1ccc(Cl)c(Cl)c1. The Hall–Kier alpha value is -2.66. The van der Waals surface area contributed by atoms with E-state index in [4.69, 9.17) is 43.1 Å². The molecule has 4 rings (SSSR count). The van der Waals surface area contributed by atoms with Gasteiger partial charge in [-0.3, -0.25) is 4.79 Å². The van der Waals surface area contributed by atoms with Crippen LogP contribution in [0.3, 0.4) is 0 Å². The van der Waals surface area contributed by atoms with Crippen LogP contribution in [-0.4, -0.2) is 12.4 Å². The summed E-state index contributed by atoms with van der Waals surface area (Å²) in [5, 5.41) is 10.7. The summed E-state index contributed by atoms with van der Waals surface area (Å²) in [4.78, 5) is 12.9. The molecule has 1 aliphatic carbocycles. The lowest BCUT2D eigenvalue weighted by Gasteiger charge is -2.31. The van der Waals surface area contributed by atoms with E-state index in [1.807, 2.05) is 19.1 Å². The van der Waals surface area contributed by atoms with Crippen LogP contribution in [0.1, 0.15) is 43.2 Å². The van der Waals surface area contributed by atoms with Gasteiger partial charge in [-0.05, 0) is 64.7 Å². The topological polar surface area (TPSA) is 94.6 Å². The first kappa shape index (κ1) is 24.5. The number of benzene rings is 2. The maximum Gasteiger partial charge on any atom is 0.205 e. The number of hydrogen-bond donors (Lipinski definition) is 1. The Bertz CT molecular complexity index is 1270. The summed E-state index contributed by atoms with van der Waals surface area (Å²) in [6.07, 6.45) is 1.69. The van der Waals surface area contributed by atoms with Crippen LogP contribution in [0.2, 0.25) is 10.0 Å². The van der Waals surface area contributed by atoms with E-state index in [2.05, 4.69) is 22.0 Å². The molecule has 0 amide bonds. The minimum absolute atomic E-state index is 0.0231. The van der Waals surface area contributed by atoms with Gasteiger partial charge in [0.15, 0.2) is 17.3 Å². The minimum Gasteiger partial charge on any atom is -0.490 e. The van der Waals surface area contributed by atoms with Gasteiger partial charge < -0.3 is 19.9 Å². The predicted molar refractivity (Wildman–Crippen MR) is 133 cm³/mol. The molecule has 0 bridgehead atoms. The highest BCUT2D eigenvalue weighted by atomic mass is 79.9. The van der Waals surface area contributed by atoms with E-state index < -0.39 is 5.92 Å². The summed E-state index contributed by atoms with van der Waals surface area (Å²) in [6, 6.07) is 11.0. The number of hydrogen-bond acceptors (Lipinski definition) is 6. The van der Waals surface area contributed by atoms with Crippen molar-refractivity contribution in [2.24, 2.45) is 5.73 Å². The van der Waals surface area contributed by atoms with Crippen LogP contribution in [0.5, 0.6) is 11.5 Å². The third kappa shape index (κ3) is 4.76. The molecule has 1 heterocycles. The highest BCUT2D eigenvalue weighted by Gasteiger charge is 2.38. The van der Waals surface area contributed by atoms with E-state index in [0.717, 1.165) is 5.56 Å². The molecule has 6 nitrogen and oxygen atoms in total. The Morgan fingerprint density at radius 3 is 2.71 bits per heavy atom. The average molecular weight is 564 g/mol. The molecule has 2 N–H and O–H groups in total. The Morgan fingerprint density at radius 2 is 2.00 bits per heavy atom. The molecule has 1 aliphatic heterocycles. The Balaban J connectivity index is 1.74. The first-order chi connectivity index (χ1) is 16.3. The molecule has 34 heavy (non-hydrogen) atoms. The molecular formula is C25H21BrCl2N2O4. The van der Waals surface area contributed by atoms with Gasteiger partial charge in [0.1, 0.15) is 24.0 Å². The molecule has 9 heteroatoms. The zero-order chi connectivity index (χ0) is 24.4. The van der Waals surface area contributed by atoms with E-state index in [1.54, 1.807) is 18.2 Å². The molecule has 0 unspecified atom stereocenters. The molecule has 0 radical (unpaired) electrons. The summed E-state index contributed by atoms with van der Waals surface area (Å²) in [6.45, 7) is 2.49. The highest BCUT2D eigenvalue weighted by molar-refractivity contribution is 9.10. The van der Waals surface area contributed by atoms with Crippen LogP contribution >= 0.6 is 39.1 Å². The molecule has 0 saturated carbocycles. The van der Waals surface area contributed by atoms with E-state index in [0.29, 0.717) is 68.8 Å². The Morgan fingerprint density at radius 1 is 1.21 bits per heavy atom. The number of nitriles is 1. The van der Waals surface area contributed by atoms with Crippen molar-refractivity contribution in [2.75, 3.05) is 6.61 Å². The standard InChI is InChI=1S/C25H21BrCl2N2O4/c1-2-32-21-10-14(9-16(26)24(21)33-12-13-6-7-17(27)18(28)8-13)22-15(11-29)25(30)34-20-5-3-4-19(31)23(20)22/h6-10,22H,2-5,12,30H2,1H3/t22-/m0/s1. The van der Waals surface area contributed by atoms with E-state index in [9.17, 15) is 10.1 Å². The van der Waals surface area contributed by atoms with Crippen LogP contribution in [0, 0.1) is 11.3 Å². The van der Waals surface area contributed by atoms with E-state index in [-0.39, 0.29) is 23.8 Å². The first-order valence-electron chi connectivity index (χ1n) is 10.7. The Kier molecular flexibility index (Phi) is 7.42. The van der Waals surface area contributed by atoms with Gasteiger partial charge in [0, 0.05) is 18.4 Å². The number of ketones is 1. The van der Waals surface area contributed by atoms with Crippen LogP contribution < -0.4 is 15.2 Å². The number of carbonyl (C=O) groups excluding carboxylic acids is 1. The number of ether oxygens (including phenoxy) is 3. The van der Waals surface area contributed by atoms with Crippen LogP contribution in [0.4, 0.5) is 0 Å². The first-order valence-corrected chi connectivity index (χ1v) is 12.3. The van der Waals surface area contributed by atoms with Crippen molar-refractivity contribution in [1.29, 1.82) is 5.26 Å². The normalized spacial score (nSPS) is 17.7. The lowest BCUT2D eigenvalue weighted by molar-refractivity contribution is -0.116. The average Bonchev–Trinajstić information content (AvgIpc) is 2.80. The molecule has 176 valence electrons. The molecule has 2 aliphatic rings. The van der Waals surface area contributed by atoms with Gasteiger partial charge in [-0.2, -0.15) is 5.26 Å². The Labute approximate surface area is 216 Å². The van der Waals surface area contributed by atoms with Crippen molar-refractivity contribution < 1.29 is 19.0 Å². The highest BCUT2D eigenvalue weighted by Crippen LogP contribution is 2.47. The fourth-order valence-electron chi connectivity index (χ4n) is 4.13. The maximum atomic E-state index is 12.9. The zero-order valence-electron chi connectivity index (χ0n) is 18.3. The quantitative estimate of drug-likeness (QED) is 0.428. The maximum absolute atomic E-state index is 12.9. The predicted octanol–water partition coefficient (Wildman–Crippen LogP) is 6.55. The smallest absolute Gasteiger partial charge is 0.205 e. The summed E-state index contributed by atoms with van der Waals surface area (Å²) in [5.74, 6) is 0.839. The summed E-state index contributed by atoms with van der Waals surface area (Å²) >= 11 is 15.7. The molecule has 0 spiro atoms.